The Labute approximate surface area is 107 Å². The summed E-state index contributed by atoms with van der Waals surface area (Å²) in [6.07, 6.45) is 0.549. The molecule has 2 rings (SSSR count). The lowest BCUT2D eigenvalue weighted by molar-refractivity contribution is -0.519. The van der Waals surface area contributed by atoms with Crippen LogP contribution in [0.2, 0.25) is 0 Å². The van der Waals surface area contributed by atoms with Crippen LogP contribution in [0.1, 0.15) is 13.3 Å². The third kappa shape index (κ3) is 6.85. The van der Waals surface area contributed by atoms with Crippen LogP contribution >= 0.6 is 0 Å². The molecule has 2 aliphatic heterocycles. The zero-order valence-electron chi connectivity index (χ0n) is 10.9. The highest BCUT2D eigenvalue weighted by Crippen LogP contribution is 2.04. The van der Waals surface area contributed by atoms with Gasteiger partial charge in [-0.2, -0.15) is 0 Å². The number of ether oxygens (including phenoxy) is 2. The van der Waals surface area contributed by atoms with E-state index >= 15 is 0 Å². The van der Waals surface area contributed by atoms with Crippen LogP contribution in [0.15, 0.2) is 0 Å². The first kappa shape index (κ1) is 15.3. The Morgan fingerprint density at radius 3 is 2.33 bits per heavy atom. The maximum atomic E-state index is 10.3. The van der Waals surface area contributed by atoms with Gasteiger partial charge < -0.3 is 20.1 Å². The van der Waals surface area contributed by atoms with E-state index < -0.39 is 6.04 Å². The molecule has 0 aromatic carbocycles. The van der Waals surface area contributed by atoms with Crippen LogP contribution in [0.5, 0.6) is 0 Å². The fourth-order valence-electron chi connectivity index (χ4n) is 1.78. The highest BCUT2D eigenvalue weighted by atomic mass is 16.6. The van der Waals surface area contributed by atoms with Crippen molar-refractivity contribution in [1.82, 2.24) is 10.6 Å². The molecule has 0 saturated carbocycles. The van der Waals surface area contributed by atoms with Crippen LogP contribution in [0.25, 0.3) is 0 Å². The minimum absolute atomic E-state index is 0.152. The van der Waals surface area contributed by atoms with Crippen LogP contribution < -0.4 is 10.6 Å². The molecule has 0 radical (unpaired) electrons. The van der Waals surface area contributed by atoms with E-state index in [1.807, 2.05) is 0 Å². The third-order valence-corrected chi connectivity index (χ3v) is 2.83. The maximum Gasteiger partial charge on any atom is 0.212 e. The molecule has 2 unspecified atom stereocenters. The van der Waals surface area contributed by atoms with Crippen LogP contribution in [0.4, 0.5) is 0 Å². The van der Waals surface area contributed by atoms with Gasteiger partial charge in [0, 0.05) is 43.9 Å². The second kappa shape index (κ2) is 9.21. The summed E-state index contributed by atoms with van der Waals surface area (Å²) in [7, 11) is 0. The van der Waals surface area contributed by atoms with Gasteiger partial charge in [-0.05, 0) is 0 Å². The summed E-state index contributed by atoms with van der Waals surface area (Å²) in [5, 5.41) is 16.6. The number of nitro groups is 1. The highest BCUT2D eigenvalue weighted by Gasteiger charge is 2.21. The molecule has 0 bridgehead atoms. The van der Waals surface area contributed by atoms with E-state index in [2.05, 4.69) is 10.6 Å². The molecule has 2 saturated heterocycles. The fourth-order valence-corrected chi connectivity index (χ4v) is 1.78. The molecule has 0 amide bonds. The number of nitrogens with zero attached hydrogens (tertiary/aromatic N) is 1. The molecule has 2 heterocycles. The molecule has 2 N–H and O–H groups in total. The fraction of sp³-hybridized carbons (Fsp3) is 1.00. The topological polar surface area (TPSA) is 85.7 Å². The van der Waals surface area contributed by atoms with E-state index in [4.69, 9.17) is 9.47 Å². The number of morpholine rings is 2. The van der Waals surface area contributed by atoms with Gasteiger partial charge in [0.15, 0.2) is 0 Å². The van der Waals surface area contributed by atoms with Crippen molar-refractivity contribution in [2.24, 2.45) is 0 Å². The Morgan fingerprint density at radius 2 is 1.94 bits per heavy atom. The molecule has 0 spiro atoms. The van der Waals surface area contributed by atoms with E-state index in [0.717, 1.165) is 32.8 Å². The van der Waals surface area contributed by atoms with E-state index in [9.17, 15) is 10.1 Å². The van der Waals surface area contributed by atoms with Gasteiger partial charge in [0.25, 0.3) is 0 Å². The summed E-state index contributed by atoms with van der Waals surface area (Å²) >= 11 is 0. The second-order valence-electron chi connectivity index (χ2n) is 4.46. The minimum Gasteiger partial charge on any atom is -0.379 e. The molecule has 7 heteroatoms. The number of rotatable bonds is 3. The van der Waals surface area contributed by atoms with Gasteiger partial charge in [-0.3, -0.25) is 10.1 Å². The summed E-state index contributed by atoms with van der Waals surface area (Å²) in [5.41, 5.74) is 0. The van der Waals surface area contributed by atoms with Crippen LogP contribution in [-0.2, 0) is 9.47 Å². The quantitative estimate of drug-likeness (QED) is 0.533. The van der Waals surface area contributed by atoms with E-state index in [1.165, 1.54) is 0 Å². The standard InChI is InChI=1S/C7H14N2O3.C4H9NO/c1-6(9(10)11)4-7-5-12-3-2-8-7;1-3-6-4-2-5-1/h6-8H,2-5H2,1H3;5H,1-4H2. The third-order valence-electron chi connectivity index (χ3n) is 2.83. The van der Waals surface area contributed by atoms with Gasteiger partial charge in [-0.25, -0.2) is 0 Å². The van der Waals surface area contributed by atoms with Crippen LogP contribution in [-0.4, -0.2) is 63.1 Å². The van der Waals surface area contributed by atoms with Crippen molar-refractivity contribution in [2.45, 2.75) is 25.4 Å². The maximum absolute atomic E-state index is 10.3. The van der Waals surface area contributed by atoms with Gasteiger partial charge in [-0.1, -0.05) is 0 Å². The monoisotopic (exact) mass is 261 g/mol. The van der Waals surface area contributed by atoms with Gasteiger partial charge in [0.2, 0.25) is 6.04 Å². The van der Waals surface area contributed by atoms with Crippen molar-refractivity contribution >= 4 is 0 Å². The first-order chi connectivity index (χ1) is 8.70. The zero-order chi connectivity index (χ0) is 13.2. The highest BCUT2D eigenvalue weighted by molar-refractivity contribution is 4.72. The number of hydrogen-bond acceptors (Lipinski definition) is 6. The molecule has 0 aromatic rings. The van der Waals surface area contributed by atoms with Crippen LogP contribution in [0, 0.1) is 10.1 Å². The Balaban J connectivity index is 0.000000225. The average Bonchev–Trinajstić information content (AvgIpc) is 2.42. The molecule has 7 nitrogen and oxygen atoms in total. The average molecular weight is 261 g/mol. The van der Waals surface area contributed by atoms with Gasteiger partial charge in [-0.15, -0.1) is 0 Å². The molecule has 0 aromatic heterocycles. The lowest BCUT2D eigenvalue weighted by Crippen LogP contribution is -2.43. The molecular weight excluding hydrogens is 238 g/mol. The second-order valence-corrected chi connectivity index (χ2v) is 4.46. The number of nitrogens with one attached hydrogen (secondary N) is 2. The van der Waals surface area contributed by atoms with Crippen molar-refractivity contribution in [3.05, 3.63) is 10.1 Å². The Morgan fingerprint density at radius 1 is 1.28 bits per heavy atom. The normalized spacial score (nSPS) is 25.7. The Kier molecular flexibility index (Phi) is 7.83. The molecule has 106 valence electrons. The van der Waals surface area contributed by atoms with E-state index in [0.29, 0.717) is 19.6 Å². The Hall–Kier alpha value is -0.760. The summed E-state index contributed by atoms with van der Waals surface area (Å²) in [5.74, 6) is 0. The molecule has 0 aliphatic carbocycles. The number of hydrogen-bond donors (Lipinski definition) is 2. The predicted octanol–water partition coefficient (Wildman–Crippen LogP) is -0.364. The molecule has 2 fully saturated rings. The summed E-state index contributed by atoms with van der Waals surface area (Å²) in [4.78, 5) is 10.1. The molecule has 2 aliphatic rings. The molecule has 2 atom stereocenters. The summed E-state index contributed by atoms with van der Waals surface area (Å²) in [6.45, 7) is 7.56. The van der Waals surface area contributed by atoms with E-state index in [1.54, 1.807) is 6.92 Å². The van der Waals surface area contributed by atoms with Crippen molar-refractivity contribution < 1.29 is 14.4 Å². The lowest BCUT2D eigenvalue weighted by atomic mass is 10.1. The van der Waals surface area contributed by atoms with Crippen molar-refractivity contribution in [3.8, 4) is 0 Å². The minimum atomic E-state index is -0.482. The van der Waals surface area contributed by atoms with Gasteiger partial charge in [0.05, 0.1) is 26.4 Å². The largest absolute Gasteiger partial charge is 0.379 e. The molecular formula is C11H23N3O4. The SMILES string of the molecule is C1COCCN1.CC(CC1COCCN1)[N+](=O)[O-]. The summed E-state index contributed by atoms with van der Waals surface area (Å²) in [6, 6.07) is -0.330. The van der Waals surface area contributed by atoms with Crippen molar-refractivity contribution in [3.63, 3.8) is 0 Å². The first-order valence-electron chi connectivity index (χ1n) is 6.43. The predicted molar refractivity (Wildman–Crippen MR) is 67.4 cm³/mol. The zero-order valence-corrected chi connectivity index (χ0v) is 10.9. The van der Waals surface area contributed by atoms with E-state index in [-0.39, 0.29) is 11.0 Å². The smallest absolute Gasteiger partial charge is 0.212 e. The van der Waals surface area contributed by atoms with Crippen molar-refractivity contribution in [1.29, 1.82) is 0 Å². The van der Waals surface area contributed by atoms with Gasteiger partial charge >= 0.3 is 0 Å². The van der Waals surface area contributed by atoms with Crippen molar-refractivity contribution in [2.75, 3.05) is 46.1 Å². The van der Waals surface area contributed by atoms with Gasteiger partial charge in [0.1, 0.15) is 0 Å². The first-order valence-corrected chi connectivity index (χ1v) is 6.43. The van der Waals surface area contributed by atoms with Crippen LogP contribution in [0.3, 0.4) is 0 Å². The lowest BCUT2D eigenvalue weighted by Gasteiger charge is -2.23. The Bertz CT molecular complexity index is 219. The summed E-state index contributed by atoms with van der Waals surface area (Å²) < 4.78 is 10.2. The molecule has 18 heavy (non-hydrogen) atoms.